The summed E-state index contributed by atoms with van der Waals surface area (Å²) in [6.45, 7) is 2.26. The summed E-state index contributed by atoms with van der Waals surface area (Å²) >= 11 is 3.19. The van der Waals surface area contributed by atoms with Crippen molar-refractivity contribution < 1.29 is 14.3 Å². The maximum atomic E-state index is 11.8. The van der Waals surface area contributed by atoms with Gasteiger partial charge in [0.15, 0.2) is 0 Å². The molecule has 0 saturated carbocycles. The van der Waals surface area contributed by atoms with Gasteiger partial charge >= 0.3 is 0 Å². The van der Waals surface area contributed by atoms with Crippen molar-refractivity contribution in [1.29, 1.82) is 0 Å². The smallest absolute Gasteiger partial charge is 0.251 e. The van der Waals surface area contributed by atoms with E-state index in [4.69, 9.17) is 4.74 Å². The summed E-state index contributed by atoms with van der Waals surface area (Å²) in [6, 6.07) is 3.20. The Morgan fingerprint density at radius 2 is 2.16 bits per heavy atom. The minimum absolute atomic E-state index is 0.00122. The number of aromatic nitrogens is 1. The number of carbonyl (C=O) groups excluding carboxylic acids is 2. The second-order valence-corrected chi connectivity index (χ2v) is 4.86. The van der Waals surface area contributed by atoms with Crippen LogP contribution in [-0.4, -0.2) is 54.5 Å². The lowest BCUT2D eigenvalue weighted by atomic mass is 10.2. The van der Waals surface area contributed by atoms with Crippen LogP contribution in [0.3, 0.4) is 0 Å². The van der Waals surface area contributed by atoms with E-state index < -0.39 is 0 Å². The fourth-order valence-corrected chi connectivity index (χ4v) is 2.09. The van der Waals surface area contributed by atoms with Crippen molar-refractivity contribution in [3.63, 3.8) is 0 Å². The highest BCUT2D eigenvalue weighted by Gasteiger charge is 2.17. The average Bonchev–Trinajstić information content (AvgIpc) is 2.45. The fraction of sp³-hybridized carbons (Fsp3) is 0.417. The molecule has 1 saturated heterocycles. The summed E-state index contributed by atoms with van der Waals surface area (Å²) in [6.07, 6.45) is 1.53. The molecular weight excluding hydrogens is 314 g/mol. The zero-order valence-electron chi connectivity index (χ0n) is 10.3. The van der Waals surface area contributed by atoms with Gasteiger partial charge in [0, 0.05) is 24.8 Å². The van der Waals surface area contributed by atoms with Crippen LogP contribution in [0.1, 0.15) is 10.4 Å². The Balaban J connectivity index is 1.84. The van der Waals surface area contributed by atoms with Gasteiger partial charge in [0.05, 0.1) is 19.8 Å². The minimum atomic E-state index is -0.287. The van der Waals surface area contributed by atoms with Crippen LogP contribution >= 0.6 is 15.9 Å². The second-order valence-electron chi connectivity index (χ2n) is 4.04. The Morgan fingerprint density at radius 1 is 1.42 bits per heavy atom. The Labute approximate surface area is 119 Å². The standard InChI is InChI=1S/C12H14BrN3O3/c13-10-7-9(1-2-14-10)12(18)15-8-11(17)16-3-5-19-6-4-16/h1-2,7H,3-6,8H2,(H,15,18). The molecule has 2 heterocycles. The first-order valence-corrected chi connectivity index (χ1v) is 6.71. The Kier molecular flexibility index (Phi) is 4.86. The zero-order chi connectivity index (χ0) is 13.7. The van der Waals surface area contributed by atoms with E-state index in [0.717, 1.165) is 0 Å². The van der Waals surface area contributed by atoms with Gasteiger partial charge < -0.3 is 15.0 Å². The first-order chi connectivity index (χ1) is 9.16. The lowest BCUT2D eigenvalue weighted by molar-refractivity contribution is -0.134. The molecule has 1 fully saturated rings. The molecule has 102 valence electrons. The number of hydrogen-bond donors (Lipinski definition) is 1. The molecule has 1 aliphatic rings. The van der Waals surface area contributed by atoms with E-state index >= 15 is 0 Å². The first-order valence-electron chi connectivity index (χ1n) is 5.92. The quantitative estimate of drug-likeness (QED) is 0.817. The third-order valence-corrected chi connectivity index (χ3v) is 3.19. The number of nitrogens with zero attached hydrogens (tertiary/aromatic N) is 2. The van der Waals surface area contributed by atoms with Crippen LogP contribution in [0.25, 0.3) is 0 Å². The maximum absolute atomic E-state index is 11.8. The number of rotatable bonds is 3. The van der Waals surface area contributed by atoms with E-state index in [-0.39, 0.29) is 18.4 Å². The zero-order valence-corrected chi connectivity index (χ0v) is 11.9. The van der Waals surface area contributed by atoms with E-state index in [1.54, 1.807) is 17.0 Å². The van der Waals surface area contributed by atoms with Gasteiger partial charge in [-0.1, -0.05) is 0 Å². The van der Waals surface area contributed by atoms with Crippen molar-refractivity contribution in [2.75, 3.05) is 32.8 Å². The number of morpholine rings is 1. The molecular formula is C12H14BrN3O3. The van der Waals surface area contributed by atoms with Crippen molar-refractivity contribution in [3.8, 4) is 0 Å². The minimum Gasteiger partial charge on any atom is -0.378 e. The predicted octanol–water partition coefficient (Wildman–Crippen LogP) is 0.433. The molecule has 19 heavy (non-hydrogen) atoms. The fourth-order valence-electron chi connectivity index (χ4n) is 1.73. The lowest BCUT2D eigenvalue weighted by Gasteiger charge is -2.26. The van der Waals surface area contributed by atoms with Crippen molar-refractivity contribution >= 4 is 27.7 Å². The molecule has 1 aromatic rings. The van der Waals surface area contributed by atoms with Gasteiger partial charge in [0.1, 0.15) is 4.60 Å². The highest BCUT2D eigenvalue weighted by molar-refractivity contribution is 9.10. The number of hydrogen-bond acceptors (Lipinski definition) is 4. The Hall–Kier alpha value is -1.47. The van der Waals surface area contributed by atoms with Crippen LogP contribution < -0.4 is 5.32 Å². The largest absolute Gasteiger partial charge is 0.378 e. The van der Waals surface area contributed by atoms with Crippen molar-refractivity contribution in [3.05, 3.63) is 28.5 Å². The van der Waals surface area contributed by atoms with Gasteiger partial charge in [-0.25, -0.2) is 4.98 Å². The highest BCUT2D eigenvalue weighted by Crippen LogP contribution is 2.07. The molecule has 2 rings (SSSR count). The SMILES string of the molecule is O=C(NCC(=O)N1CCOCC1)c1ccnc(Br)c1. The maximum Gasteiger partial charge on any atom is 0.251 e. The first kappa shape index (κ1) is 14.0. The number of ether oxygens (including phenoxy) is 1. The number of nitrogens with one attached hydrogen (secondary N) is 1. The monoisotopic (exact) mass is 327 g/mol. The molecule has 1 aromatic heterocycles. The number of carbonyl (C=O) groups is 2. The summed E-state index contributed by atoms with van der Waals surface area (Å²) < 4.78 is 5.75. The predicted molar refractivity (Wildman–Crippen MR) is 71.7 cm³/mol. The van der Waals surface area contributed by atoms with Crippen LogP contribution in [0.4, 0.5) is 0 Å². The molecule has 1 aliphatic heterocycles. The normalized spacial score (nSPS) is 15.1. The van der Waals surface area contributed by atoms with Crippen molar-refractivity contribution in [2.24, 2.45) is 0 Å². The summed E-state index contributed by atoms with van der Waals surface area (Å²) in [7, 11) is 0. The van der Waals surface area contributed by atoms with Gasteiger partial charge in [0.2, 0.25) is 5.91 Å². The molecule has 0 unspecified atom stereocenters. The van der Waals surface area contributed by atoms with Crippen molar-refractivity contribution in [2.45, 2.75) is 0 Å². The van der Waals surface area contributed by atoms with Crippen LogP contribution in [0, 0.1) is 0 Å². The second kappa shape index (κ2) is 6.63. The van der Waals surface area contributed by atoms with E-state index in [1.807, 2.05) is 0 Å². The third kappa shape index (κ3) is 4.00. The molecule has 0 radical (unpaired) electrons. The lowest BCUT2D eigenvalue weighted by Crippen LogP contribution is -2.45. The van der Waals surface area contributed by atoms with Crippen LogP contribution in [-0.2, 0) is 9.53 Å². The van der Waals surface area contributed by atoms with E-state index in [0.29, 0.717) is 36.5 Å². The summed E-state index contributed by atoms with van der Waals surface area (Å²) in [5.74, 6) is -0.380. The Bertz CT molecular complexity index is 475. The van der Waals surface area contributed by atoms with Gasteiger partial charge in [0.25, 0.3) is 5.91 Å². The summed E-state index contributed by atoms with van der Waals surface area (Å²) in [5, 5.41) is 2.60. The van der Waals surface area contributed by atoms with Crippen molar-refractivity contribution in [1.82, 2.24) is 15.2 Å². The third-order valence-electron chi connectivity index (χ3n) is 2.75. The molecule has 2 amide bonds. The molecule has 1 N–H and O–H groups in total. The van der Waals surface area contributed by atoms with Gasteiger partial charge in [-0.15, -0.1) is 0 Å². The molecule has 0 spiro atoms. The van der Waals surface area contributed by atoms with Gasteiger partial charge in [-0.2, -0.15) is 0 Å². The molecule has 0 aliphatic carbocycles. The summed E-state index contributed by atoms with van der Waals surface area (Å²) in [5.41, 5.74) is 0.469. The molecule has 6 nitrogen and oxygen atoms in total. The Morgan fingerprint density at radius 3 is 2.84 bits per heavy atom. The van der Waals surface area contributed by atoms with Crippen LogP contribution in [0.15, 0.2) is 22.9 Å². The van der Waals surface area contributed by atoms with E-state index in [9.17, 15) is 9.59 Å². The van der Waals surface area contributed by atoms with Crippen LogP contribution in [0.5, 0.6) is 0 Å². The van der Waals surface area contributed by atoms with E-state index in [1.165, 1.54) is 6.20 Å². The number of halogens is 1. The molecule has 0 bridgehead atoms. The molecule has 0 aromatic carbocycles. The molecule has 0 atom stereocenters. The van der Waals surface area contributed by atoms with Gasteiger partial charge in [-0.3, -0.25) is 9.59 Å². The number of amides is 2. The molecule has 7 heteroatoms. The van der Waals surface area contributed by atoms with Gasteiger partial charge in [-0.05, 0) is 28.1 Å². The highest BCUT2D eigenvalue weighted by atomic mass is 79.9. The summed E-state index contributed by atoms with van der Waals surface area (Å²) in [4.78, 5) is 29.3. The average molecular weight is 328 g/mol. The van der Waals surface area contributed by atoms with Crippen LogP contribution in [0.2, 0.25) is 0 Å². The number of pyridine rings is 1. The topological polar surface area (TPSA) is 71.5 Å². The van der Waals surface area contributed by atoms with E-state index in [2.05, 4.69) is 26.2 Å².